The van der Waals surface area contributed by atoms with Crippen molar-refractivity contribution in [1.82, 2.24) is 0 Å². The molecular weight excluding hydrogens is 653 g/mol. The van der Waals surface area contributed by atoms with Gasteiger partial charge >= 0.3 is 0 Å². The molecule has 6 aromatic carbocycles. The molecule has 51 heavy (non-hydrogen) atoms. The normalized spacial score (nSPS) is 11.7. The predicted octanol–water partition coefficient (Wildman–Crippen LogP) is 10.4. The number of nitrogens with zero attached hydrogens (tertiary/aromatic N) is 4. The molecule has 0 saturated carbocycles. The van der Waals surface area contributed by atoms with E-state index in [4.69, 9.17) is 9.16 Å². The number of hydrogen-bond acceptors (Lipinski definition) is 7. The minimum absolute atomic E-state index is 0.0132. The SMILES string of the molecule is CC(C)(C)[Si](OCCOc1ccc(N(c2ccccc2)c2ccc(N=Nc3ccc([N+](=O)[O-])cc3)cc2)cc1)(c1ccccc1)c1ccccc1. The molecule has 0 radical (unpaired) electrons. The molecule has 0 heterocycles. The number of azo groups is 1. The van der Waals surface area contributed by atoms with Gasteiger partial charge in [-0.1, -0.05) is 99.6 Å². The molecule has 0 aliphatic rings. The van der Waals surface area contributed by atoms with Crippen molar-refractivity contribution in [2.45, 2.75) is 25.8 Å². The van der Waals surface area contributed by atoms with Gasteiger partial charge in [0.1, 0.15) is 12.4 Å². The van der Waals surface area contributed by atoms with Crippen LogP contribution in [0.1, 0.15) is 20.8 Å². The third kappa shape index (κ3) is 8.12. The molecule has 9 heteroatoms. The lowest BCUT2D eigenvalue weighted by Gasteiger charge is -2.43. The molecular formula is C42H40N4O4Si. The van der Waals surface area contributed by atoms with Crippen LogP contribution in [0.5, 0.6) is 5.75 Å². The Morgan fingerprint density at radius 3 is 1.49 bits per heavy atom. The Kier molecular flexibility index (Phi) is 10.8. The van der Waals surface area contributed by atoms with E-state index in [9.17, 15) is 10.1 Å². The number of anilines is 3. The summed E-state index contributed by atoms with van der Waals surface area (Å²) >= 11 is 0. The van der Waals surface area contributed by atoms with Crippen molar-refractivity contribution in [3.63, 3.8) is 0 Å². The van der Waals surface area contributed by atoms with E-state index < -0.39 is 13.2 Å². The second-order valence-electron chi connectivity index (χ2n) is 13.0. The fourth-order valence-corrected chi connectivity index (χ4v) is 10.8. The second kappa shape index (κ2) is 15.8. The van der Waals surface area contributed by atoms with Crippen LogP contribution in [-0.4, -0.2) is 26.5 Å². The van der Waals surface area contributed by atoms with Gasteiger partial charge in [0.05, 0.1) is 22.9 Å². The number of nitro groups is 1. The van der Waals surface area contributed by atoms with Crippen molar-refractivity contribution < 1.29 is 14.1 Å². The third-order valence-electron chi connectivity index (χ3n) is 8.65. The van der Waals surface area contributed by atoms with E-state index in [1.165, 1.54) is 22.5 Å². The fourth-order valence-electron chi connectivity index (χ4n) is 6.26. The molecule has 6 aromatic rings. The summed E-state index contributed by atoms with van der Waals surface area (Å²) in [6, 6.07) is 53.2. The summed E-state index contributed by atoms with van der Waals surface area (Å²) in [6.07, 6.45) is 0. The van der Waals surface area contributed by atoms with Gasteiger partial charge in [-0.2, -0.15) is 10.2 Å². The van der Waals surface area contributed by atoms with Crippen molar-refractivity contribution in [1.29, 1.82) is 0 Å². The van der Waals surface area contributed by atoms with Gasteiger partial charge in [0.2, 0.25) is 0 Å². The topological polar surface area (TPSA) is 89.6 Å². The molecule has 0 unspecified atom stereocenters. The summed E-state index contributed by atoms with van der Waals surface area (Å²) in [4.78, 5) is 12.7. The second-order valence-corrected chi connectivity index (χ2v) is 17.3. The zero-order valence-corrected chi connectivity index (χ0v) is 29.9. The number of benzene rings is 6. The molecule has 0 aliphatic carbocycles. The maximum absolute atomic E-state index is 10.9. The van der Waals surface area contributed by atoms with Crippen molar-refractivity contribution in [3.05, 3.63) is 174 Å². The van der Waals surface area contributed by atoms with Crippen molar-refractivity contribution in [2.75, 3.05) is 18.1 Å². The number of rotatable bonds is 13. The molecule has 8 nitrogen and oxygen atoms in total. The lowest BCUT2D eigenvalue weighted by Crippen LogP contribution is -2.66. The van der Waals surface area contributed by atoms with Crippen molar-refractivity contribution in [2.24, 2.45) is 10.2 Å². The van der Waals surface area contributed by atoms with E-state index in [-0.39, 0.29) is 10.7 Å². The highest BCUT2D eigenvalue weighted by atomic mass is 28.4. The Balaban J connectivity index is 1.16. The van der Waals surface area contributed by atoms with Crippen LogP contribution in [0.2, 0.25) is 5.04 Å². The van der Waals surface area contributed by atoms with E-state index >= 15 is 0 Å². The number of hydrogen-bond donors (Lipinski definition) is 0. The van der Waals surface area contributed by atoms with Crippen LogP contribution in [-0.2, 0) is 4.43 Å². The summed E-state index contributed by atoms with van der Waals surface area (Å²) in [7, 11) is -2.64. The number of para-hydroxylation sites is 1. The average molecular weight is 693 g/mol. The first-order valence-electron chi connectivity index (χ1n) is 16.8. The molecule has 0 aromatic heterocycles. The molecule has 0 bridgehead atoms. The maximum atomic E-state index is 10.9. The van der Waals surface area contributed by atoms with E-state index in [1.807, 2.05) is 66.7 Å². The molecule has 0 saturated heterocycles. The van der Waals surface area contributed by atoms with Gasteiger partial charge in [0.25, 0.3) is 14.0 Å². The highest BCUT2D eigenvalue weighted by molar-refractivity contribution is 6.99. The Labute approximate surface area is 299 Å². The molecule has 0 atom stereocenters. The van der Waals surface area contributed by atoms with Crippen LogP contribution in [0.15, 0.2) is 174 Å². The quantitative estimate of drug-likeness (QED) is 0.0395. The molecule has 6 rings (SSSR count). The first kappa shape index (κ1) is 34.9. The van der Waals surface area contributed by atoms with Gasteiger partial charge in [0, 0.05) is 29.2 Å². The number of non-ortho nitro benzene ring substituents is 1. The van der Waals surface area contributed by atoms with Crippen LogP contribution < -0.4 is 20.0 Å². The van der Waals surface area contributed by atoms with Gasteiger partial charge in [-0.25, -0.2) is 0 Å². The largest absolute Gasteiger partial charge is 0.491 e. The molecule has 256 valence electrons. The monoisotopic (exact) mass is 692 g/mol. The standard InChI is InChI=1S/C42H40N4O4Si/c1-42(2,3)51(40-15-9-5-10-16-40,41-17-11-6-12-18-41)50-32-31-49-39-29-27-37(28-30-39)45(35-13-7-4-8-14-35)36-23-19-33(20-24-36)43-44-34-21-25-38(26-22-34)46(47)48/h4-30H,31-32H2,1-3H3. The fraction of sp³-hybridized carbons (Fsp3) is 0.143. The Bertz CT molecular complexity index is 2000. The molecule has 0 N–H and O–H groups in total. The Morgan fingerprint density at radius 1 is 0.588 bits per heavy atom. The zero-order valence-electron chi connectivity index (χ0n) is 28.9. The van der Waals surface area contributed by atoms with Crippen LogP contribution >= 0.6 is 0 Å². The van der Waals surface area contributed by atoms with Crippen LogP contribution in [0.4, 0.5) is 34.1 Å². The summed E-state index contributed by atoms with van der Waals surface area (Å²) in [5.74, 6) is 0.764. The molecule has 0 fully saturated rings. The highest BCUT2D eigenvalue weighted by Gasteiger charge is 2.50. The van der Waals surface area contributed by atoms with Crippen molar-refractivity contribution >= 4 is 52.8 Å². The van der Waals surface area contributed by atoms with Crippen LogP contribution in [0, 0.1) is 10.1 Å². The van der Waals surface area contributed by atoms with Gasteiger partial charge in [-0.3, -0.25) is 10.1 Å². The first-order valence-corrected chi connectivity index (χ1v) is 18.7. The minimum atomic E-state index is -2.64. The summed E-state index contributed by atoms with van der Waals surface area (Å²) in [5, 5.41) is 21.9. The van der Waals surface area contributed by atoms with E-state index in [2.05, 4.69) is 109 Å². The maximum Gasteiger partial charge on any atom is 0.269 e. The van der Waals surface area contributed by atoms with Crippen LogP contribution in [0.25, 0.3) is 0 Å². The van der Waals surface area contributed by atoms with E-state index in [1.54, 1.807) is 12.1 Å². The molecule has 0 spiro atoms. The Hall–Kier alpha value is -5.90. The summed E-state index contributed by atoms with van der Waals surface area (Å²) in [5.41, 5.74) is 4.13. The minimum Gasteiger partial charge on any atom is -0.491 e. The lowest BCUT2D eigenvalue weighted by molar-refractivity contribution is -0.384. The first-order chi connectivity index (χ1) is 24.7. The summed E-state index contributed by atoms with van der Waals surface area (Å²) < 4.78 is 13.2. The number of ether oxygens (including phenoxy) is 1. The van der Waals surface area contributed by atoms with Gasteiger partial charge in [-0.15, -0.1) is 0 Å². The van der Waals surface area contributed by atoms with Crippen LogP contribution in [0.3, 0.4) is 0 Å². The zero-order chi connectivity index (χ0) is 35.7. The number of nitro benzene ring substituents is 1. The molecule has 0 aliphatic heterocycles. The smallest absolute Gasteiger partial charge is 0.269 e. The van der Waals surface area contributed by atoms with Gasteiger partial charge in [-0.05, 0) is 88.2 Å². The lowest BCUT2D eigenvalue weighted by atomic mass is 10.2. The average Bonchev–Trinajstić information content (AvgIpc) is 3.16. The van der Waals surface area contributed by atoms with Gasteiger partial charge in [0.15, 0.2) is 0 Å². The summed E-state index contributed by atoms with van der Waals surface area (Å²) in [6.45, 7) is 7.70. The predicted molar refractivity (Wildman–Crippen MR) is 207 cm³/mol. The highest BCUT2D eigenvalue weighted by Crippen LogP contribution is 2.38. The van der Waals surface area contributed by atoms with Gasteiger partial charge < -0.3 is 14.1 Å². The molecule has 0 amide bonds. The Morgan fingerprint density at radius 2 is 1.02 bits per heavy atom. The third-order valence-corrected chi connectivity index (χ3v) is 13.7. The van der Waals surface area contributed by atoms with E-state index in [0.717, 1.165) is 22.8 Å². The van der Waals surface area contributed by atoms with Crippen molar-refractivity contribution in [3.8, 4) is 5.75 Å². The van der Waals surface area contributed by atoms with E-state index in [0.29, 0.717) is 24.6 Å².